The van der Waals surface area contributed by atoms with Crippen molar-refractivity contribution in [3.8, 4) is 0 Å². The van der Waals surface area contributed by atoms with Crippen molar-refractivity contribution in [1.82, 2.24) is 10.3 Å². The van der Waals surface area contributed by atoms with Gasteiger partial charge < -0.3 is 5.32 Å². The van der Waals surface area contributed by atoms with E-state index in [0.29, 0.717) is 16.0 Å². The summed E-state index contributed by atoms with van der Waals surface area (Å²) < 4.78 is 1.09. The molecule has 2 heterocycles. The van der Waals surface area contributed by atoms with Gasteiger partial charge >= 0.3 is 0 Å². The number of rotatable bonds is 1. The van der Waals surface area contributed by atoms with Gasteiger partial charge in [-0.15, -0.1) is 11.3 Å². The van der Waals surface area contributed by atoms with E-state index in [1.807, 2.05) is 6.07 Å². The lowest BCUT2D eigenvalue weighted by atomic mass is 9.99. The molecule has 0 aliphatic carbocycles. The molecule has 5 heteroatoms. The monoisotopic (exact) mass is 286 g/mol. The molecule has 1 aromatic heterocycles. The van der Waals surface area contributed by atoms with E-state index in [-0.39, 0.29) is 0 Å². The van der Waals surface area contributed by atoms with Crippen molar-refractivity contribution in [2.45, 2.75) is 18.8 Å². The van der Waals surface area contributed by atoms with Crippen molar-refractivity contribution in [2.24, 2.45) is 0 Å². The number of hydrogen-bond acceptors (Lipinski definition) is 3. The van der Waals surface area contributed by atoms with Crippen LogP contribution in [0.2, 0.25) is 10.0 Å². The predicted octanol–water partition coefficient (Wildman–Crippen LogP) is 4.07. The third kappa shape index (κ3) is 2.29. The third-order valence-electron chi connectivity index (χ3n) is 3.12. The second-order valence-electron chi connectivity index (χ2n) is 4.31. The highest BCUT2D eigenvalue weighted by atomic mass is 35.5. The molecule has 0 saturated carbocycles. The smallest absolute Gasteiger partial charge is 0.100 e. The van der Waals surface area contributed by atoms with Gasteiger partial charge in [0.15, 0.2) is 0 Å². The van der Waals surface area contributed by atoms with Crippen LogP contribution in [0.4, 0.5) is 0 Å². The molecule has 0 unspecified atom stereocenters. The van der Waals surface area contributed by atoms with E-state index in [1.165, 1.54) is 5.01 Å². The first kappa shape index (κ1) is 11.7. The van der Waals surface area contributed by atoms with Gasteiger partial charge in [-0.3, -0.25) is 0 Å². The lowest BCUT2D eigenvalue weighted by molar-refractivity contribution is 0.459. The number of nitrogens with one attached hydrogen (secondary N) is 1. The number of nitrogens with zero attached hydrogens (tertiary/aromatic N) is 1. The highest BCUT2D eigenvalue weighted by molar-refractivity contribution is 7.18. The maximum Gasteiger partial charge on any atom is 0.100 e. The zero-order chi connectivity index (χ0) is 11.8. The molecule has 0 spiro atoms. The van der Waals surface area contributed by atoms with Crippen molar-refractivity contribution in [3.05, 3.63) is 27.2 Å². The minimum atomic E-state index is 0.573. The van der Waals surface area contributed by atoms with Crippen LogP contribution in [0.1, 0.15) is 23.8 Å². The summed E-state index contributed by atoms with van der Waals surface area (Å²) in [5.74, 6) is 0.573. The second kappa shape index (κ2) is 4.73. The fourth-order valence-corrected chi connectivity index (χ4v) is 4.08. The first-order valence-electron chi connectivity index (χ1n) is 5.70. The molecule has 1 fully saturated rings. The highest BCUT2D eigenvalue weighted by Gasteiger charge is 2.19. The van der Waals surface area contributed by atoms with Gasteiger partial charge in [0.25, 0.3) is 0 Å². The number of aromatic nitrogens is 1. The second-order valence-corrected chi connectivity index (χ2v) is 6.22. The summed E-state index contributed by atoms with van der Waals surface area (Å²) in [4.78, 5) is 4.68. The van der Waals surface area contributed by atoms with Crippen LogP contribution in [0.5, 0.6) is 0 Å². The van der Waals surface area contributed by atoms with Gasteiger partial charge in [0.2, 0.25) is 0 Å². The van der Waals surface area contributed by atoms with E-state index in [0.717, 1.165) is 36.1 Å². The zero-order valence-electron chi connectivity index (χ0n) is 9.17. The molecule has 0 radical (unpaired) electrons. The number of hydrogen-bond donors (Lipinski definition) is 1. The predicted molar refractivity (Wildman–Crippen MR) is 74.5 cm³/mol. The van der Waals surface area contributed by atoms with Crippen LogP contribution >= 0.6 is 34.5 Å². The molecule has 1 aliphatic rings. The van der Waals surface area contributed by atoms with Crippen LogP contribution in [0.3, 0.4) is 0 Å². The first-order valence-corrected chi connectivity index (χ1v) is 7.27. The molecule has 1 N–H and O–H groups in total. The van der Waals surface area contributed by atoms with Crippen molar-refractivity contribution >= 4 is 44.8 Å². The maximum atomic E-state index is 6.16. The molecule has 1 aromatic carbocycles. The minimum Gasteiger partial charge on any atom is -0.317 e. The van der Waals surface area contributed by atoms with E-state index < -0.39 is 0 Å². The van der Waals surface area contributed by atoms with Gasteiger partial charge in [0.1, 0.15) is 5.52 Å². The summed E-state index contributed by atoms with van der Waals surface area (Å²) in [5, 5.41) is 5.91. The average molecular weight is 287 g/mol. The van der Waals surface area contributed by atoms with Crippen LogP contribution in [0, 0.1) is 0 Å². The molecule has 3 rings (SSSR count). The Hall–Kier alpha value is -0.350. The fraction of sp³-hybridized carbons (Fsp3) is 0.417. The van der Waals surface area contributed by atoms with E-state index in [1.54, 1.807) is 17.4 Å². The number of halogens is 2. The van der Waals surface area contributed by atoms with Gasteiger partial charge in [0, 0.05) is 10.9 Å². The summed E-state index contributed by atoms with van der Waals surface area (Å²) in [5.41, 5.74) is 0.898. The standard InChI is InChI=1S/C12H12Cl2N2S/c13-8-5-9(14)11-10(6-8)17-12(16-11)7-1-3-15-4-2-7/h5-7,15H,1-4H2. The Morgan fingerprint density at radius 3 is 2.76 bits per heavy atom. The van der Waals surface area contributed by atoms with Gasteiger partial charge in [-0.25, -0.2) is 4.98 Å². The topological polar surface area (TPSA) is 24.9 Å². The van der Waals surface area contributed by atoms with Crippen molar-refractivity contribution in [1.29, 1.82) is 0 Å². The third-order valence-corrected chi connectivity index (χ3v) is 4.79. The molecule has 17 heavy (non-hydrogen) atoms. The Morgan fingerprint density at radius 1 is 1.24 bits per heavy atom. The van der Waals surface area contributed by atoms with Crippen LogP contribution in [0.15, 0.2) is 12.1 Å². The highest BCUT2D eigenvalue weighted by Crippen LogP contribution is 2.36. The molecule has 0 amide bonds. The van der Waals surface area contributed by atoms with Gasteiger partial charge in [0.05, 0.1) is 14.7 Å². The van der Waals surface area contributed by atoms with Gasteiger partial charge in [-0.05, 0) is 38.1 Å². The quantitative estimate of drug-likeness (QED) is 0.855. The molecule has 2 nitrogen and oxygen atoms in total. The SMILES string of the molecule is Clc1cc(Cl)c2nc(C3CCNCC3)sc2c1. The summed E-state index contributed by atoms with van der Waals surface area (Å²) in [7, 11) is 0. The molecule has 1 aliphatic heterocycles. The fourth-order valence-electron chi connectivity index (χ4n) is 2.22. The van der Waals surface area contributed by atoms with E-state index >= 15 is 0 Å². The largest absolute Gasteiger partial charge is 0.317 e. The van der Waals surface area contributed by atoms with Crippen LogP contribution in [0.25, 0.3) is 10.2 Å². The first-order chi connectivity index (χ1) is 8.24. The van der Waals surface area contributed by atoms with Crippen LogP contribution < -0.4 is 5.32 Å². The van der Waals surface area contributed by atoms with Crippen LogP contribution in [-0.2, 0) is 0 Å². The van der Waals surface area contributed by atoms with Crippen molar-refractivity contribution < 1.29 is 0 Å². The summed E-state index contributed by atoms with van der Waals surface area (Å²) in [6.07, 6.45) is 2.32. The number of fused-ring (bicyclic) bond motifs is 1. The van der Waals surface area contributed by atoms with E-state index in [4.69, 9.17) is 23.2 Å². The average Bonchev–Trinajstić information content (AvgIpc) is 2.74. The van der Waals surface area contributed by atoms with Crippen LogP contribution in [-0.4, -0.2) is 18.1 Å². The van der Waals surface area contributed by atoms with Gasteiger partial charge in [-0.1, -0.05) is 23.2 Å². The van der Waals surface area contributed by atoms with Crippen molar-refractivity contribution in [2.75, 3.05) is 13.1 Å². The molecule has 1 saturated heterocycles. The molecular weight excluding hydrogens is 275 g/mol. The number of benzene rings is 1. The Kier molecular flexibility index (Phi) is 3.26. The molecule has 0 atom stereocenters. The Morgan fingerprint density at radius 2 is 2.00 bits per heavy atom. The number of thiazole rings is 1. The lowest BCUT2D eigenvalue weighted by Gasteiger charge is -2.20. The summed E-state index contributed by atoms with van der Waals surface area (Å²) in [6.45, 7) is 2.16. The minimum absolute atomic E-state index is 0.573. The summed E-state index contributed by atoms with van der Waals surface area (Å²) in [6, 6.07) is 3.71. The van der Waals surface area contributed by atoms with Gasteiger partial charge in [-0.2, -0.15) is 0 Å². The molecule has 0 bridgehead atoms. The normalized spacial score (nSPS) is 17.8. The number of piperidine rings is 1. The lowest BCUT2D eigenvalue weighted by Crippen LogP contribution is -2.26. The van der Waals surface area contributed by atoms with E-state index in [9.17, 15) is 0 Å². The van der Waals surface area contributed by atoms with Crippen molar-refractivity contribution in [3.63, 3.8) is 0 Å². The Labute approximate surface area is 114 Å². The Balaban J connectivity index is 2.03. The Bertz CT molecular complexity index is 547. The summed E-state index contributed by atoms with van der Waals surface area (Å²) >= 11 is 13.9. The molecular formula is C12H12Cl2N2S. The maximum absolute atomic E-state index is 6.16. The van der Waals surface area contributed by atoms with E-state index in [2.05, 4.69) is 10.3 Å². The molecule has 2 aromatic rings. The zero-order valence-corrected chi connectivity index (χ0v) is 11.5. The molecule has 90 valence electrons.